The third kappa shape index (κ3) is 5.85. The molecule has 0 bridgehead atoms. The van der Waals surface area contributed by atoms with Crippen molar-refractivity contribution >= 4 is 5.96 Å². The second-order valence-corrected chi connectivity index (χ2v) is 7.42. The second kappa shape index (κ2) is 9.60. The normalized spacial score (nSPS) is 18.8. The van der Waals surface area contributed by atoms with Crippen LogP contribution in [-0.4, -0.2) is 56.8 Å². The van der Waals surface area contributed by atoms with Gasteiger partial charge in [0.25, 0.3) is 0 Å². The van der Waals surface area contributed by atoms with E-state index in [1.54, 1.807) is 6.07 Å². The Morgan fingerprint density at radius 3 is 2.54 bits per heavy atom. The number of rotatable bonds is 6. The Labute approximate surface area is 165 Å². The number of halogens is 3. The minimum absolute atomic E-state index is 0.0694. The lowest BCUT2D eigenvalue weighted by Crippen LogP contribution is -2.51. The van der Waals surface area contributed by atoms with Gasteiger partial charge in [-0.2, -0.15) is 13.2 Å². The van der Waals surface area contributed by atoms with Gasteiger partial charge in [0, 0.05) is 25.3 Å². The molecule has 1 unspecified atom stereocenters. The topological polar surface area (TPSA) is 48.9 Å². The molecule has 1 aromatic carbocycles. The molecule has 2 N–H and O–H groups in total. The molecule has 0 radical (unpaired) electrons. The van der Waals surface area contributed by atoms with Crippen molar-refractivity contribution in [3.8, 4) is 0 Å². The molecular formula is C20H31F3N4O. The van der Waals surface area contributed by atoms with Gasteiger partial charge in [-0.05, 0) is 58.5 Å². The highest BCUT2D eigenvalue weighted by atomic mass is 19.4. The number of nitrogens with zero attached hydrogens (tertiary/aromatic N) is 2. The highest BCUT2D eigenvalue weighted by molar-refractivity contribution is 5.80. The van der Waals surface area contributed by atoms with Crippen molar-refractivity contribution < 1.29 is 17.9 Å². The van der Waals surface area contributed by atoms with Crippen LogP contribution in [0.15, 0.2) is 29.3 Å². The fourth-order valence-electron chi connectivity index (χ4n) is 3.32. The standard InChI is InChI=1S/C20H31F3N4O/c1-5-24-18(25-14-19(27(3)4)9-11-28-12-10-19)26-15(2)16-7-6-8-17(13-16)20(21,22)23/h6-8,13,15H,5,9-12,14H2,1-4H3,(H2,24,25,26). The molecule has 1 heterocycles. The lowest BCUT2D eigenvalue weighted by molar-refractivity contribution is -0.137. The lowest BCUT2D eigenvalue weighted by Gasteiger charge is -2.41. The van der Waals surface area contributed by atoms with E-state index in [4.69, 9.17) is 9.73 Å². The molecule has 0 saturated carbocycles. The van der Waals surface area contributed by atoms with Crippen LogP contribution in [0.25, 0.3) is 0 Å². The van der Waals surface area contributed by atoms with E-state index in [2.05, 4.69) is 15.5 Å². The zero-order valence-corrected chi connectivity index (χ0v) is 17.1. The van der Waals surface area contributed by atoms with Gasteiger partial charge in [-0.3, -0.25) is 4.99 Å². The molecule has 1 fully saturated rings. The Bertz CT molecular complexity index is 655. The van der Waals surface area contributed by atoms with Crippen LogP contribution in [-0.2, 0) is 10.9 Å². The molecule has 1 atom stereocenters. The third-order valence-electron chi connectivity index (χ3n) is 5.32. The van der Waals surface area contributed by atoms with Crippen LogP contribution in [0.1, 0.15) is 43.9 Å². The van der Waals surface area contributed by atoms with Crippen LogP contribution in [0.3, 0.4) is 0 Å². The summed E-state index contributed by atoms with van der Waals surface area (Å²) in [6.45, 7) is 6.46. The lowest BCUT2D eigenvalue weighted by atomic mass is 9.89. The summed E-state index contributed by atoms with van der Waals surface area (Å²) >= 11 is 0. The predicted octanol–water partition coefficient (Wildman–Crippen LogP) is 3.43. The third-order valence-corrected chi connectivity index (χ3v) is 5.32. The summed E-state index contributed by atoms with van der Waals surface area (Å²) in [6.07, 6.45) is -2.56. The van der Waals surface area contributed by atoms with Gasteiger partial charge in [0.15, 0.2) is 5.96 Å². The molecule has 2 rings (SSSR count). The van der Waals surface area contributed by atoms with Crippen LogP contribution < -0.4 is 10.6 Å². The number of ether oxygens (including phenoxy) is 1. The molecule has 1 saturated heterocycles. The smallest absolute Gasteiger partial charge is 0.381 e. The highest BCUT2D eigenvalue weighted by Crippen LogP contribution is 2.31. The van der Waals surface area contributed by atoms with Crippen LogP contribution in [0.5, 0.6) is 0 Å². The van der Waals surface area contributed by atoms with Crippen molar-refractivity contribution in [3.63, 3.8) is 0 Å². The van der Waals surface area contributed by atoms with E-state index in [-0.39, 0.29) is 11.6 Å². The molecule has 28 heavy (non-hydrogen) atoms. The van der Waals surface area contributed by atoms with Crippen molar-refractivity contribution in [2.45, 2.75) is 44.4 Å². The fraction of sp³-hybridized carbons (Fsp3) is 0.650. The fourth-order valence-corrected chi connectivity index (χ4v) is 3.32. The Balaban J connectivity index is 2.14. The monoisotopic (exact) mass is 400 g/mol. The summed E-state index contributed by atoms with van der Waals surface area (Å²) in [5.74, 6) is 0.597. The summed E-state index contributed by atoms with van der Waals surface area (Å²) in [5.41, 5.74) is -0.150. The Morgan fingerprint density at radius 2 is 1.96 bits per heavy atom. The van der Waals surface area contributed by atoms with Gasteiger partial charge in [0.05, 0.1) is 18.2 Å². The maximum atomic E-state index is 13.0. The summed E-state index contributed by atoms with van der Waals surface area (Å²) in [6, 6.07) is 5.08. The van der Waals surface area contributed by atoms with E-state index in [0.29, 0.717) is 37.8 Å². The largest absolute Gasteiger partial charge is 0.416 e. The molecule has 1 aliphatic heterocycles. The second-order valence-electron chi connectivity index (χ2n) is 7.42. The number of benzene rings is 1. The first-order valence-electron chi connectivity index (χ1n) is 9.65. The predicted molar refractivity (Wildman–Crippen MR) is 105 cm³/mol. The number of likely N-dealkylation sites (N-methyl/N-ethyl adjacent to an activating group) is 1. The van der Waals surface area contributed by atoms with Crippen LogP contribution in [0, 0.1) is 0 Å². The van der Waals surface area contributed by atoms with E-state index in [1.807, 2.05) is 27.9 Å². The molecule has 1 aromatic rings. The molecule has 0 aliphatic carbocycles. The number of hydrogen-bond donors (Lipinski definition) is 2. The number of aliphatic imine (C=N–C) groups is 1. The SMILES string of the molecule is CCNC(=NCC1(N(C)C)CCOCC1)NC(C)c1cccc(C(F)(F)F)c1. The van der Waals surface area contributed by atoms with Crippen molar-refractivity contribution in [3.05, 3.63) is 35.4 Å². The minimum Gasteiger partial charge on any atom is -0.381 e. The van der Waals surface area contributed by atoms with Gasteiger partial charge in [0.2, 0.25) is 0 Å². The van der Waals surface area contributed by atoms with Gasteiger partial charge in [0.1, 0.15) is 0 Å². The average Bonchev–Trinajstić information content (AvgIpc) is 2.66. The van der Waals surface area contributed by atoms with Crippen molar-refractivity contribution in [1.82, 2.24) is 15.5 Å². The van der Waals surface area contributed by atoms with Crippen LogP contribution in [0.4, 0.5) is 13.2 Å². The zero-order chi connectivity index (χ0) is 20.8. The van der Waals surface area contributed by atoms with E-state index in [1.165, 1.54) is 12.1 Å². The zero-order valence-electron chi connectivity index (χ0n) is 17.1. The number of nitrogens with one attached hydrogen (secondary N) is 2. The summed E-state index contributed by atoms with van der Waals surface area (Å²) in [7, 11) is 4.10. The Morgan fingerprint density at radius 1 is 1.29 bits per heavy atom. The first-order valence-corrected chi connectivity index (χ1v) is 9.65. The molecule has 0 spiro atoms. The van der Waals surface area contributed by atoms with Gasteiger partial charge in [-0.25, -0.2) is 0 Å². The van der Waals surface area contributed by atoms with Crippen molar-refractivity contribution in [1.29, 1.82) is 0 Å². The van der Waals surface area contributed by atoms with E-state index < -0.39 is 11.7 Å². The number of alkyl halides is 3. The van der Waals surface area contributed by atoms with Crippen LogP contribution >= 0.6 is 0 Å². The molecule has 158 valence electrons. The Hall–Kier alpha value is -1.80. The molecular weight excluding hydrogens is 369 g/mol. The summed E-state index contributed by atoms with van der Waals surface area (Å²) in [4.78, 5) is 6.94. The van der Waals surface area contributed by atoms with E-state index >= 15 is 0 Å². The van der Waals surface area contributed by atoms with Gasteiger partial charge in [-0.1, -0.05) is 12.1 Å². The first kappa shape index (κ1) is 22.5. The Kier molecular flexibility index (Phi) is 7.71. The molecule has 1 aliphatic rings. The van der Waals surface area contributed by atoms with Crippen molar-refractivity contribution in [2.75, 3.05) is 40.4 Å². The quantitative estimate of drug-likeness (QED) is 0.567. The summed E-state index contributed by atoms with van der Waals surface area (Å²) in [5, 5.41) is 6.42. The van der Waals surface area contributed by atoms with Gasteiger partial charge < -0.3 is 20.3 Å². The molecule has 8 heteroatoms. The first-order chi connectivity index (χ1) is 13.2. The van der Waals surface area contributed by atoms with E-state index in [9.17, 15) is 13.2 Å². The van der Waals surface area contributed by atoms with Gasteiger partial charge in [-0.15, -0.1) is 0 Å². The van der Waals surface area contributed by atoms with E-state index in [0.717, 1.165) is 18.9 Å². The van der Waals surface area contributed by atoms with Crippen LogP contribution in [0.2, 0.25) is 0 Å². The number of guanidine groups is 1. The molecule has 0 amide bonds. The average molecular weight is 400 g/mol. The highest BCUT2D eigenvalue weighted by Gasteiger charge is 2.35. The maximum Gasteiger partial charge on any atom is 0.416 e. The number of hydrogen-bond acceptors (Lipinski definition) is 3. The molecule has 0 aromatic heterocycles. The minimum atomic E-state index is -4.35. The molecule has 5 nitrogen and oxygen atoms in total. The van der Waals surface area contributed by atoms with Crippen molar-refractivity contribution in [2.24, 2.45) is 4.99 Å². The summed E-state index contributed by atoms with van der Waals surface area (Å²) < 4.78 is 44.5. The van der Waals surface area contributed by atoms with Gasteiger partial charge >= 0.3 is 6.18 Å². The maximum absolute atomic E-state index is 13.0.